The SMILES string of the molecule is CC[C@H](NC(=O)CCS(=O)(=O)c1ccccc1)c1ccc(C)cc1. The molecular formula is C19H23NO3S. The molecule has 0 spiro atoms. The van der Waals surface area contributed by atoms with Crippen molar-refractivity contribution in [3.8, 4) is 0 Å². The summed E-state index contributed by atoms with van der Waals surface area (Å²) in [6.45, 7) is 4.00. The van der Waals surface area contributed by atoms with Crippen LogP contribution in [0.5, 0.6) is 0 Å². The zero-order valence-electron chi connectivity index (χ0n) is 14.0. The van der Waals surface area contributed by atoms with E-state index >= 15 is 0 Å². The average molecular weight is 345 g/mol. The first-order valence-electron chi connectivity index (χ1n) is 8.06. The van der Waals surface area contributed by atoms with Crippen molar-refractivity contribution in [3.05, 3.63) is 65.7 Å². The summed E-state index contributed by atoms with van der Waals surface area (Å²) in [5.41, 5.74) is 2.19. The van der Waals surface area contributed by atoms with E-state index in [4.69, 9.17) is 0 Å². The number of amides is 1. The summed E-state index contributed by atoms with van der Waals surface area (Å²) in [5, 5.41) is 2.92. The molecule has 0 fully saturated rings. The van der Waals surface area contributed by atoms with Gasteiger partial charge in [-0.2, -0.15) is 0 Å². The molecule has 0 radical (unpaired) electrons. The maximum atomic E-state index is 12.2. The summed E-state index contributed by atoms with van der Waals surface area (Å²) in [6, 6.07) is 16.1. The minimum Gasteiger partial charge on any atom is -0.349 e. The van der Waals surface area contributed by atoms with Gasteiger partial charge in [-0.05, 0) is 31.0 Å². The van der Waals surface area contributed by atoms with Crippen molar-refractivity contribution in [1.29, 1.82) is 0 Å². The molecule has 1 N–H and O–H groups in total. The van der Waals surface area contributed by atoms with Gasteiger partial charge in [0.05, 0.1) is 16.7 Å². The minimum absolute atomic E-state index is 0.0421. The molecule has 4 nitrogen and oxygen atoms in total. The van der Waals surface area contributed by atoms with Crippen LogP contribution < -0.4 is 5.32 Å². The van der Waals surface area contributed by atoms with Crippen LogP contribution in [0.4, 0.5) is 0 Å². The highest BCUT2D eigenvalue weighted by Gasteiger charge is 2.18. The third-order valence-electron chi connectivity index (χ3n) is 3.92. The van der Waals surface area contributed by atoms with E-state index < -0.39 is 9.84 Å². The Morgan fingerprint density at radius 1 is 1.04 bits per heavy atom. The third kappa shape index (κ3) is 4.93. The molecule has 2 aromatic rings. The molecule has 0 aliphatic carbocycles. The van der Waals surface area contributed by atoms with Gasteiger partial charge in [0.25, 0.3) is 0 Å². The number of hydrogen-bond donors (Lipinski definition) is 1. The Labute approximate surface area is 143 Å². The van der Waals surface area contributed by atoms with Crippen LogP contribution in [-0.4, -0.2) is 20.1 Å². The van der Waals surface area contributed by atoms with Crippen LogP contribution in [0.1, 0.15) is 36.9 Å². The summed E-state index contributed by atoms with van der Waals surface area (Å²) >= 11 is 0. The lowest BCUT2D eigenvalue weighted by molar-refractivity contribution is -0.121. The lowest BCUT2D eigenvalue weighted by Gasteiger charge is -2.17. The van der Waals surface area contributed by atoms with Crippen molar-refractivity contribution in [1.82, 2.24) is 5.32 Å². The van der Waals surface area contributed by atoms with Gasteiger partial charge >= 0.3 is 0 Å². The van der Waals surface area contributed by atoms with Crippen molar-refractivity contribution in [2.45, 2.75) is 37.6 Å². The van der Waals surface area contributed by atoms with Gasteiger partial charge in [0.2, 0.25) is 5.91 Å². The molecular weight excluding hydrogens is 322 g/mol. The van der Waals surface area contributed by atoms with E-state index in [-0.39, 0.29) is 29.0 Å². The van der Waals surface area contributed by atoms with E-state index in [9.17, 15) is 13.2 Å². The maximum absolute atomic E-state index is 12.2. The first kappa shape index (κ1) is 18.2. The number of benzene rings is 2. The van der Waals surface area contributed by atoms with Crippen LogP contribution in [0.2, 0.25) is 0 Å². The second-order valence-corrected chi connectivity index (χ2v) is 7.93. The van der Waals surface area contributed by atoms with Crippen LogP contribution in [0, 0.1) is 6.92 Å². The first-order valence-corrected chi connectivity index (χ1v) is 9.71. The molecule has 0 heterocycles. The van der Waals surface area contributed by atoms with Crippen LogP contribution in [0.3, 0.4) is 0 Å². The van der Waals surface area contributed by atoms with Crippen molar-refractivity contribution in [3.63, 3.8) is 0 Å². The van der Waals surface area contributed by atoms with Crippen molar-refractivity contribution in [2.24, 2.45) is 0 Å². The van der Waals surface area contributed by atoms with Crippen LogP contribution in [-0.2, 0) is 14.6 Å². The topological polar surface area (TPSA) is 63.2 Å². The van der Waals surface area contributed by atoms with Gasteiger partial charge in [0.1, 0.15) is 0 Å². The maximum Gasteiger partial charge on any atom is 0.221 e. The Hall–Kier alpha value is -2.14. The standard InChI is InChI=1S/C19H23NO3S/c1-3-18(16-11-9-15(2)10-12-16)20-19(21)13-14-24(22,23)17-7-5-4-6-8-17/h4-12,18H,3,13-14H2,1-2H3,(H,20,21)/t18-/m0/s1. The molecule has 0 saturated carbocycles. The van der Waals surface area contributed by atoms with Gasteiger partial charge in [-0.15, -0.1) is 0 Å². The van der Waals surface area contributed by atoms with E-state index in [1.165, 1.54) is 0 Å². The molecule has 2 aromatic carbocycles. The second kappa shape index (κ2) is 8.11. The summed E-state index contributed by atoms with van der Waals surface area (Å²) in [5.74, 6) is -0.436. The summed E-state index contributed by atoms with van der Waals surface area (Å²) < 4.78 is 24.4. The minimum atomic E-state index is -3.43. The molecule has 128 valence electrons. The van der Waals surface area contributed by atoms with Crippen LogP contribution >= 0.6 is 0 Å². The Balaban J connectivity index is 1.96. The Kier molecular flexibility index (Phi) is 6.15. The van der Waals surface area contributed by atoms with Gasteiger partial charge in [0.15, 0.2) is 9.84 Å². The summed E-state index contributed by atoms with van der Waals surface area (Å²) in [4.78, 5) is 12.4. The highest BCUT2D eigenvalue weighted by Crippen LogP contribution is 2.18. The molecule has 0 aromatic heterocycles. The monoisotopic (exact) mass is 345 g/mol. The third-order valence-corrected chi connectivity index (χ3v) is 5.66. The van der Waals surface area contributed by atoms with Crippen molar-refractivity contribution in [2.75, 3.05) is 5.75 Å². The molecule has 24 heavy (non-hydrogen) atoms. The molecule has 0 bridgehead atoms. The number of sulfone groups is 1. The molecule has 0 aliphatic heterocycles. The van der Waals surface area contributed by atoms with Gasteiger partial charge in [-0.3, -0.25) is 4.79 Å². The number of nitrogens with one attached hydrogen (secondary N) is 1. The molecule has 0 unspecified atom stereocenters. The van der Waals surface area contributed by atoms with E-state index in [2.05, 4.69) is 5.32 Å². The Morgan fingerprint density at radius 3 is 2.25 bits per heavy atom. The lowest BCUT2D eigenvalue weighted by Crippen LogP contribution is -2.29. The Bertz CT molecular complexity index is 768. The molecule has 0 aliphatic rings. The lowest BCUT2D eigenvalue weighted by atomic mass is 10.0. The summed E-state index contributed by atoms with van der Waals surface area (Å²) in [6.07, 6.45) is 0.708. The van der Waals surface area contributed by atoms with Crippen molar-refractivity contribution < 1.29 is 13.2 Å². The van der Waals surface area contributed by atoms with Gasteiger partial charge in [0, 0.05) is 6.42 Å². The molecule has 5 heteroatoms. The largest absolute Gasteiger partial charge is 0.349 e. The molecule has 1 atom stereocenters. The van der Waals surface area contributed by atoms with Crippen molar-refractivity contribution >= 4 is 15.7 Å². The number of carbonyl (C=O) groups excluding carboxylic acids is 1. The van der Waals surface area contributed by atoms with Crippen LogP contribution in [0.25, 0.3) is 0 Å². The molecule has 2 rings (SSSR count). The Morgan fingerprint density at radius 2 is 1.67 bits per heavy atom. The average Bonchev–Trinajstić information content (AvgIpc) is 2.59. The van der Waals surface area contributed by atoms with E-state index in [0.29, 0.717) is 0 Å². The van der Waals surface area contributed by atoms with Gasteiger partial charge in [-0.1, -0.05) is 55.0 Å². The highest BCUT2D eigenvalue weighted by molar-refractivity contribution is 7.91. The fourth-order valence-corrected chi connectivity index (χ4v) is 3.72. The first-order chi connectivity index (χ1) is 11.4. The smallest absolute Gasteiger partial charge is 0.221 e. The predicted molar refractivity (Wildman–Crippen MR) is 95.5 cm³/mol. The second-order valence-electron chi connectivity index (χ2n) is 5.82. The van der Waals surface area contributed by atoms with E-state index in [1.54, 1.807) is 30.3 Å². The zero-order valence-corrected chi connectivity index (χ0v) is 14.8. The number of carbonyl (C=O) groups is 1. The normalized spacial score (nSPS) is 12.6. The number of rotatable bonds is 7. The quantitative estimate of drug-likeness (QED) is 0.836. The van der Waals surface area contributed by atoms with Gasteiger partial charge in [-0.25, -0.2) is 8.42 Å². The highest BCUT2D eigenvalue weighted by atomic mass is 32.2. The summed E-state index contributed by atoms with van der Waals surface area (Å²) in [7, 11) is -3.43. The van der Waals surface area contributed by atoms with Crippen LogP contribution in [0.15, 0.2) is 59.5 Å². The fourth-order valence-electron chi connectivity index (χ4n) is 2.46. The van der Waals surface area contributed by atoms with Gasteiger partial charge < -0.3 is 5.32 Å². The number of aryl methyl sites for hydroxylation is 1. The predicted octanol–water partition coefficient (Wildman–Crippen LogP) is 3.43. The van der Waals surface area contributed by atoms with E-state index in [0.717, 1.165) is 17.5 Å². The molecule has 0 saturated heterocycles. The zero-order chi connectivity index (χ0) is 17.6. The van der Waals surface area contributed by atoms with E-state index in [1.807, 2.05) is 38.1 Å². The number of hydrogen-bond acceptors (Lipinski definition) is 3. The molecule has 1 amide bonds. The fraction of sp³-hybridized carbons (Fsp3) is 0.316.